The van der Waals surface area contributed by atoms with Crippen LogP contribution in [0.3, 0.4) is 0 Å². The lowest BCUT2D eigenvalue weighted by Crippen LogP contribution is -2.11. The minimum Gasteiger partial charge on any atom is -0.385 e. The van der Waals surface area contributed by atoms with E-state index in [0.29, 0.717) is 5.65 Å². The standard InChI is InChI=1S/C27H28N6/c1-2-17-11-19(13-21(12-17)28-15-18-7-3-4-8-18)20-14-22-25(32-33-26(22)29-16-20)27-30-23-9-5-6-10-24(23)31-27/h5-6,9-14,16,18,28H,2-4,7-8,15H2,1H3,(H,30,31)(H,29,32,33). The minimum atomic E-state index is 0.695. The third-order valence-corrected chi connectivity index (χ3v) is 6.84. The Morgan fingerprint density at radius 2 is 1.91 bits per heavy atom. The summed E-state index contributed by atoms with van der Waals surface area (Å²) in [6, 6.07) is 17.0. The molecule has 1 aliphatic rings. The second-order valence-electron chi connectivity index (χ2n) is 9.10. The fourth-order valence-corrected chi connectivity index (χ4v) is 4.95. The van der Waals surface area contributed by atoms with Gasteiger partial charge in [0.15, 0.2) is 11.5 Å². The van der Waals surface area contributed by atoms with E-state index in [4.69, 9.17) is 4.98 Å². The lowest BCUT2D eigenvalue weighted by Gasteiger charge is -2.14. The second kappa shape index (κ2) is 8.35. The van der Waals surface area contributed by atoms with Crippen molar-refractivity contribution in [2.75, 3.05) is 11.9 Å². The van der Waals surface area contributed by atoms with E-state index in [0.717, 1.165) is 52.4 Å². The maximum atomic E-state index is 4.75. The number of nitrogens with one attached hydrogen (secondary N) is 3. The first-order chi connectivity index (χ1) is 16.3. The Bertz CT molecular complexity index is 1390. The first kappa shape index (κ1) is 20.0. The zero-order valence-electron chi connectivity index (χ0n) is 18.9. The summed E-state index contributed by atoms with van der Waals surface area (Å²) in [6.07, 6.45) is 8.35. The monoisotopic (exact) mass is 436 g/mol. The van der Waals surface area contributed by atoms with Crippen molar-refractivity contribution >= 4 is 27.8 Å². The molecule has 0 atom stereocenters. The molecule has 0 saturated heterocycles. The molecule has 1 fully saturated rings. The molecule has 0 bridgehead atoms. The SMILES string of the molecule is CCc1cc(NCC2CCCC2)cc(-c2cnc3n[nH]c(-c4nc5ccccc5[nH]4)c3c2)c1. The van der Waals surface area contributed by atoms with Crippen LogP contribution in [0, 0.1) is 5.92 Å². The van der Waals surface area contributed by atoms with Crippen molar-refractivity contribution in [3.8, 4) is 22.6 Å². The average Bonchev–Trinajstić information content (AvgIpc) is 3.61. The minimum absolute atomic E-state index is 0.695. The van der Waals surface area contributed by atoms with E-state index in [1.54, 1.807) is 0 Å². The quantitative estimate of drug-likeness (QED) is 0.290. The highest BCUT2D eigenvalue weighted by Crippen LogP contribution is 2.31. The van der Waals surface area contributed by atoms with E-state index in [2.05, 4.69) is 56.7 Å². The predicted octanol–water partition coefficient (Wildman–Crippen LogP) is 6.33. The van der Waals surface area contributed by atoms with E-state index in [1.165, 1.54) is 42.5 Å². The molecule has 3 N–H and O–H groups in total. The number of imidazole rings is 1. The van der Waals surface area contributed by atoms with Crippen LogP contribution in [0.4, 0.5) is 5.69 Å². The average molecular weight is 437 g/mol. The van der Waals surface area contributed by atoms with Gasteiger partial charge in [0.1, 0.15) is 5.69 Å². The Kier molecular flexibility index (Phi) is 5.06. The van der Waals surface area contributed by atoms with Crippen molar-refractivity contribution in [2.45, 2.75) is 39.0 Å². The maximum absolute atomic E-state index is 4.75. The normalized spacial score (nSPS) is 14.5. The number of para-hydroxylation sites is 2. The van der Waals surface area contributed by atoms with Crippen LogP contribution >= 0.6 is 0 Å². The van der Waals surface area contributed by atoms with Gasteiger partial charge in [0, 0.05) is 24.0 Å². The molecular weight excluding hydrogens is 408 g/mol. The van der Waals surface area contributed by atoms with Crippen LogP contribution < -0.4 is 5.32 Å². The molecule has 0 aliphatic heterocycles. The number of nitrogens with zero attached hydrogens (tertiary/aromatic N) is 3. The Hall–Kier alpha value is -3.67. The third-order valence-electron chi connectivity index (χ3n) is 6.84. The van der Waals surface area contributed by atoms with Gasteiger partial charge in [0.05, 0.1) is 16.4 Å². The first-order valence-electron chi connectivity index (χ1n) is 11.9. The van der Waals surface area contributed by atoms with Crippen LogP contribution in [0.5, 0.6) is 0 Å². The number of hydrogen-bond donors (Lipinski definition) is 3. The van der Waals surface area contributed by atoms with Gasteiger partial charge in [-0.1, -0.05) is 38.0 Å². The van der Waals surface area contributed by atoms with Gasteiger partial charge in [-0.3, -0.25) is 5.10 Å². The highest BCUT2D eigenvalue weighted by atomic mass is 15.2. The zero-order chi connectivity index (χ0) is 22.2. The number of anilines is 1. The van der Waals surface area contributed by atoms with Crippen LogP contribution in [-0.4, -0.2) is 31.7 Å². The van der Waals surface area contributed by atoms with Crippen molar-refractivity contribution in [1.82, 2.24) is 25.1 Å². The first-order valence-corrected chi connectivity index (χ1v) is 11.9. The molecule has 6 heteroatoms. The van der Waals surface area contributed by atoms with Crippen molar-refractivity contribution < 1.29 is 0 Å². The highest BCUT2D eigenvalue weighted by molar-refractivity contribution is 5.93. The van der Waals surface area contributed by atoms with Gasteiger partial charge in [-0.05, 0) is 66.6 Å². The predicted molar refractivity (Wildman–Crippen MR) is 134 cm³/mol. The van der Waals surface area contributed by atoms with E-state index < -0.39 is 0 Å². The largest absolute Gasteiger partial charge is 0.385 e. The van der Waals surface area contributed by atoms with Crippen LogP contribution in [0.15, 0.2) is 54.7 Å². The van der Waals surface area contributed by atoms with E-state index in [9.17, 15) is 0 Å². The van der Waals surface area contributed by atoms with Gasteiger partial charge in [-0.25, -0.2) is 9.97 Å². The van der Waals surface area contributed by atoms with Crippen LogP contribution in [0.2, 0.25) is 0 Å². The van der Waals surface area contributed by atoms with Crippen LogP contribution in [0.1, 0.15) is 38.2 Å². The molecule has 1 saturated carbocycles. The van der Waals surface area contributed by atoms with Gasteiger partial charge in [-0.15, -0.1) is 0 Å². The summed E-state index contributed by atoms with van der Waals surface area (Å²) in [6.45, 7) is 3.26. The third kappa shape index (κ3) is 3.86. The van der Waals surface area contributed by atoms with Crippen molar-refractivity contribution in [2.24, 2.45) is 5.92 Å². The highest BCUT2D eigenvalue weighted by Gasteiger charge is 2.16. The molecule has 1 aliphatic carbocycles. The molecule has 5 aromatic rings. The Morgan fingerprint density at radius 1 is 1.03 bits per heavy atom. The van der Waals surface area contributed by atoms with E-state index >= 15 is 0 Å². The summed E-state index contributed by atoms with van der Waals surface area (Å²) in [5.74, 6) is 1.58. The molecule has 6 nitrogen and oxygen atoms in total. The number of aromatic amines is 2. The fourth-order valence-electron chi connectivity index (χ4n) is 4.95. The number of pyridine rings is 1. The lowest BCUT2D eigenvalue weighted by molar-refractivity contribution is 0.580. The van der Waals surface area contributed by atoms with Crippen molar-refractivity contribution in [3.63, 3.8) is 0 Å². The van der Waals surface area contributed by atoms with Gasteiger partial charge in [0.2, 0.25) is 0 Å². The molecule has 0 spiro atoms. The zero-order valence-corrected chi connectivity index (χ0v) is 18.9. The maximum Gasteiger partial charge on any atom is 0.181 e. The van der Waals surface area contributed by atoms with Crippen molar-refractivity contribution in [1.29, 1.82) is 0 Å². The van der Waals surface area contributed by atoms with Crippen molar-refractivity contribution in [3.05, 3.63) is 60.3 Å². The summed E-state index contributed by atoms with van der Waals surface area (Å²) in [7, 11) is 0. The lowest BCUT2D eigenvalue weighted by atomic mass is 10.0. The van der Waals surface area contributed by atoms with Crippen LogP contribution in [-0.2, 0) is 6.42 Å². The number of aromatic nitrogens is 5. The Morgan fingerprint density at radius 3 is 2.76 bits per heavy atom. The molecule has 0 amide bonds. The second-order valence-corrected chi connectivity index (χ2v) is 9.10. The molecule has 3 heterocycles. The van der Waals surface area contributed by atoms with Gasteiger partial charge >= 0.3 is 0 Å². The molecule has 6 rings (SSSR count). The molecule has 2 aromatic carbocycles. The molecule has 3 aromatic heterocycles. The molecule has 33 heavy (non-hydrogen) atoms. The summed E-state index contributed by atoms with van der Waals surface area (Å²) in [4.78, 5) is 12.8. The summed E-state index contributed by atoms with van der Waals surface area (Å²) < 4.78 is 0. The summed E-state index contributed by atoms with van der Waals surface area (Å²) >= 11 is 0. The van der Waals surface area contributed by atoms with E-state index in [-0.39, 0.29) is 0 Å². The Labute approximate surface area is 192 Å². The topological polar surface area (TPSA) is 82.3 Å². The summed E-state index contributed by atoms with van der Waals surface area (Å²) in [5.41, 5.74) is 8.28. The molecular formula is C27H28N6. The number of aryl methyl sites for hydroxylation is 1. The van der Waals surface area contributed by atoms with Gasteiger partial charge in [-0.2, -0.15) is 5.10 Å². The number of benzene rings is 2. The fraction of sp³-hybridized carbons (Fsp3) is 0.296. The number of rotatable bonds is 6. The number of hydrogen-bond acceptors (Lipinski definition) is 4. The summed E-state index contributed by atoms with van der Waals surface area (Å²) in [5, 5.41) is 12.2. The van der Waals surface area contributed by atoms with E-state index in [1.807, 2.05) is 30.5 Å². The smallest absolute Gasteiger partial charge is 0.181 e. The van der Waals surface area contributed by atoms with Gasteiger partial charge in [0.25, 0.3) is 0 Å². The van der Waals surface area contributed by atoms with Gasteiger partial charge < -0.3 is 10.3 Å². The van der Waals surface area contributed by atoms with Crippen LogP contribution in [0.25, 0.3) is 44.7 Å². The molecule has 166 valence electrons. The molecule has 0 unspecified atom stereocenters. The number of H-pyrrole nitrogens is 2. The number of fused-ring (bicyclic) bond motifs is 2. The molecule has 0 radical (unpaired) electrons. The Balaban J connectivity index is 1.37.